The molecule has 156 valence electrons. The van der Waals surface area contributed by atoms with Gasteiger partial charge in [-0.15, -0.1) is 0 Å². The SMILES string of the molecule is CCOC(=O)c1ccc(N2CC(C(=O)Nc3ccc(C(=O)O)cc3O)CC2=O)cc1. The van der Waals surface area contributed by atoms with Crippen molar-refractivity contribution >= 4 is 35.1 Å². The summed E-state index contributed by atoms with van der Waals surface area (Å²) >= 11 is 0. The van der Waals surface area contributed by atoms with Gasteiger partial charge in [-0.3, -0.25) is 9.59 Å². The van der Waals surface area contributed by atoms with Gasteiger partial charge in [0.2, 0.25) is 11.8 Å². The number of carbonyl (C=O) groups is 4. The van der Waals surface area contributed by atoms with Crippen LogP contribution in [0.15, 0.2) is 42.5 Å². The van der Waals surface area contributed by atoms with E-state index in [1.54, 1.807) is 31.2 Å². The van der Waals surface area contributed by atoms with Crippen LogP contribution < -0.4 is 10.2 Å². The number of carboxylic acids is 1. The maximum absolute atomic E-state index is 12.5. The maximum atomic E-state index is 12.5. The number of hydrogen-bond acceptors (Lipinski definition) is 6. The molecule has 0 aliphatic carbocycles. The molecule has 30 heavy (non-hydrogen) atoms. The second kappa shape index (κ2) is 8.64. The number of esters is 1. The van der Waals surface area contributed by atoms with Gasteiger partial charge in [-0.1, -0.05) is 0 Å². The first-order valence-corrected chi connectivity index (χ1v) is 9.25. The Morgan fingerprint density at radius 3 is 2.40 bits per heavy atom. The second-order valence-electron chi connectivity index (χ2n) is 6.70. The molecule has 3 N–H and O–H groups in total. The van der Waals surface area contributed by atoms with E-state index >= 15 is 0 Å². The Morgan fingerprint density at radius 2 is 1.80 bits per heavy atom. The van der Waals surface area contributed by atoms with E-state index in [0.717, 1.165) is 6.07 Å². The van der Waals surface area contributed by atoms with Gasteiger partial charge in [0.1, 0.15) is 5.75 Å². The first-order valence-electron chi connectivity index (χ1n) is 9.25. The van der Waals surface area contributed by atoms with Crippen LogP contribution in [-0.2, 0) is 14.3 Å². The Bertz CT molecular complexity index is 1000. The number of nitrogens with zero attached hydrogens (tertiary/aromatic N) is 1. The fourth-order valence-electron chi connectivity index (χ4n) is 3.13. The zero-order valence-corrected chi connectivity index (χ0v) is 16.1. The smallest absolute Gasteiger partial charge is 0.338 e. The van der Waals surface area contributed by atoms with E-state index < -0.39 is 23.8 Å². The molecule has 3 rings (SSSR count). The van der Waals surface area contributed by atoms with Crippen LogP contribution in [0.3, 0.4) is 0 Å². The van der Waals surface area contributed by atoms with Crippen molar-refractivity contribution in [3.05, 3.63) is 53.6 Å². The monoisotopic (exact) mass is 412 g/mol. The number of anilines is 2. The molecule has 0 bridgehead atoms. The molecule has 1 aliphatic heterocycles. The predicted octanol–water partition coefficient (Wildman–Crippen LogP) is 2.26. The van der Waals surface area contributed by atoms with Gasteiger partial charge in [0.25, 0.3) is 0 Å². The summed E-state index contributed by atoms with van der Waals surface area (Å²) in [6.07, 6.45) is -0.0145. The highest BCUT2D eigenvalue weighted by atomic mass is 16.5. The van der Waals surface area contributed by atoms with Crippen molar-refractivity contribution in [2.75, 3.05) is 23.4 Å². The van der Waals surface area contributed by atoms with E-state index in [4.69, 9.17) is 9.84 Å². The summed E-state index contributed by atoms with van der Waals surface area (Å²) in [5, 5.41) is 21.4. The van der Waals surface area contributed by atoms with E-state index in [-0.39, 0.29) is 42.5 Å². The number of phenolic OH excluding ortho intramolecular Hbond substituents is 1. The first kappa shape index (κ1) is 20.8. The lowest BCUT2D eigenvalue weighted by Gasteiger charge is -2.17. The summed E-state index contributed by atoms with van der Waals surface area (Å²) in [6, 6.07) is 9.91. The summed E-state index contributed by atoms with van der Waals surface area (Å²) < 4.78 is 4.92. The van der Waals surface area contributed by atoms with Crippen molar-refractivity contribution < 1.29 is 34.1 Å². The van der Waals surface area contributed by atoms with Crippen molar-refractivity contribution in [2.45, 2.75) is 13.3 Å². The number of carbonyl (C=O) groups excluding carboxylic acids is 3. The lowest BCUT2D eigenvalue weighted by molar-refractivity contribution is -0.122. The average Bonchev–Trinajstić information content (AvgIpc) is 3.11. The molecule has 2 aromatic rings. The molecule has 9 nitrogen and oxygen atoms in total. The zero-order valence-electron chi connectivity index (χ0n) is 16.1. The molecule has 0 spiro atoms. The van der Waals surface area contributed by atoms with Gasteiger partial charge in [-0.2, -0.15) is 0 Å². The number of aromatic hydroxyl groups is 1. The molecule has 1 aliphatic rings. The summed E-state index contributed by atoms with van der Waals surface area (Å²) in [7, 11) is 0. The van der Waals surface area contributed by atoms with Crippen LogP contribution in [0.25, 0.3) is 0 Å². The van der Waals surface area contributed by atoms with Crippen molar-refractivity contribution in [1.82, 2.24) is 0 Å². The largest absolute Gasteiger partial charge is 0.506 e. The number of amides is 2. The van der Waals surface area contributed by atoms with E-state index in [2.05, 4.69) is 5.32 Å². The van der Waals surface area contributed by atoms with Gasteiger partial charge in [0.05, 0.1) is 29.3 Å². The minimum absolute atomic E-state index is 0.0145. The minimum atomic E-state index is -1.20. The summed E-state index contributed by atoms with van der Waals surface area (Å²) in [5.41, 5.74) is 0.868. The van der Waals surface area contributed by atoms with Crippen molar-refractivity contribution in [2.24, 2.45) is 5.92 Å². The highest BCUT2D eigenvalue weighted by Gasteiger charge is 2.35. The molecule has 0 radical (unpaired) electrons. The predicted molar refractivity (Wildman–Crippen MR) is 107 cm³/mol. The molecule has 1 atom stereocenters. The molecule has 1 fully saturated rings. The van der Waals surface area contributed by atoms with E-state index in [9.17, 15) is 24.3 Å². The van der Waals surface area contributed by atoms with Crippen LogP contribution in [0, 0.1) is 5.92 Å². The topological polar surface area (TPSA) is 133 Å². The third-order valence-corrected chi connectivity index (χ3v) is 4.69. The molecule has 1 heterocycles. The minimum Gasteiger partial charge on any atom is -0.506 e. The fourth-order valence-corrected chi connectivity index (χ4v) is 3.13. The third kappa shape index (κ3) is 4.40. The van der Waals surface area contributed by atoms with Gasteiger partial charge >= 0.3 is 11.9 Å². The first-order chi connectivity index (χ1) is 14.3. The molecule has 0 saturated carbocycles. The van der Waals surface area contributed by atoms with Gasteiger partial charge < -0.3 is 25.2 Å². The van der Waals surface area contributed by atoms with Crippen LogP contribution in [0.4, 0.5) is 11.4 Å². The third-order valence-electron chi connectivity index (χ3n) is 4.69. The fraction of sp³-hybridized carbons (Fsp3) is 0.238. The van der Waals surface area contributed by atoms with Crippen LogP contribution in [0.5, 0.6) is 5.75 Å². The Labute approximate surface area is 171 Å². The van der Waals surface area contributed by atoms with Crippen LogP contribution in [-0.4, -0.2) is 47.1 Å². The van der Waals surface area contributed by atoms with Crippen LogP contribution >= 0.6 is 0 Å². The summed E-state index contributed by atoms with van der Waals surface area (Å²) in [6.45, 7) is 2.11. The Balaban J connectivity index is 1.67. The molecular formula is C21H20N2O7. The van der Waals surface area contributed by atoms with E-state index in [0.29, 0.717) is 11.3 Å². The van der Waals surface area contributed by atoms with Gasteiger partial charge in [-0.05, 0) is 49.4 Å². The van der Waals surface area contributed by atoms with Gasteiger partial charge in [0, 0.05) is 18.7 Å². The zero-order chi connectivity index (χ0) is 21.8. The molecule has 2 aromatic carbocycles. The van der Waals surface area contributed by atoms with E-state index in [1.165, 1.54) is 17.0 Å². The average molecular weight is 412 g/mol. The highest BCUT2D eigenvalue weighted by molar-refractivity contribution is 6.04. The molecule has 1 saturated heterocycles. The number of phenols is 1. The number of ether oxygens (including phenoxy) is 1. The lowest BCUT2D eigenvalue weighted by atomic mass is 10.1. The molecule has 2 amide bonds. The van der Waals surface area contributed by atoms with Crippen molar-refractivity contribution in [1.29, 1.82) is 0 Å². The van der Waals surface area contributed by atoms with Gasteiger partial charge in [0.15, 0.2) is 0 Å². The highest BCUT2D eigenvalue weighted by Crippen LogP contribution is 2.29. The summed E-state index contributed by atoms with van der Waals surface area (Å²) in [4.78, 5) is 49.0. The van der Waals surface area contributed by atoms with Crippen LogP contribution in [0.2, 0.25) is 0 Å². The molecule has 9 heteroatoms. The quantitative estimate of drug-likeness (QED) is 0.489. The Hall–Kier alpha value is -3.88. The normalized spacial score (nSPS) is 15.7. The molecular weight excluding hydrogens is 392 g/mol. The maximum Gasteiger partial charge on any atom is 0.338 e. The number of rotatable bonds is 6. The standard InChI is InChI=1S/C21H20N2O7/c1-2-30-21(29)12-3-6-15(7-4-12)23-11-14(10-18(23)25)19(26)22-16-8-5-13(20(27)28)9-17(16)24/h3-9,14,24H,2,10-11H2,1H3,(H,22,26)(H,27,28). The number of aromatic carboxylic acids is 1. The summed E-state index contributed by atoms with van der Waals surface area (Å²) in [5.74, 6) is -3.39. The number of nitrogens with one attached hydrogen (secondary N) is 1. The van der Waals surface area contributed by atoms with Crippen LogP contribution in [0.1, 0.15) is 34.1 Å². The Kier molecular flexibility index (Phi) is 6.01. The number of benzene rings is 2. The number of carboxylic acid groups (broad SMARTS) is 1. The van der Waals surface area contributed by atoms with Crippen molar-refractivity contribution in [3.8, 4) is 5.75 Å². The van der Waals surface area contributed by atoms with E-state index in [1.807, 2.05) is 0 Å². The molecule has 0 aromatic heterocycles. The number of hydrogen-bond donors (Lipinski definition) is 3. The van der Waals surface area contributed by atoms with Gasteiger partial charge in [-0.25, -0.2) is 9.59 Å². The second-order valence-corrected chi connectivity index (χ2v) is 6.70. The lowest BCUT2D eigenvalue weighted by Crippen LogP contribution is -2.28. The van der Waals surface area contributed by atoms with Crippen molar-refractivity contribution in [3.63, 3.8) is 0 Å². The molecule has 1 unspecified atom stereocenters. The Morgan fingerprint density at radius 1 is 1.13 bits per heavy atom.